The molecule has 0 saturated heterocycles. The first-order valence-electron chi connectivity index (χ1n) is 6.03. The smallest absolute Gasteiger partial charge is 0.266 e. The van der Waals surface area contributed by atoms with Gasteiger partial charge in [-0.15, -0.1) is 0 Å². The summed E-state index contributed by atoms with van der Waals surface area (Å²) in [5, 5.41) is 11.3. The number of para-hydroxylation sites is 1. The number of nitriles is 1. The molecule has 2 rings (SSSR count). The molecule has 0 aromatic heterocycles. The van der Waals surface area contributed by atoms with Crippen LogP contribution in [0.1, 0.15) is 5.56 Å². The molecule has 3 nitrogen and oxygen atoms in total. The van der Waals surface area contributed by atoms with Crippen LogP contribution in [0.2, 0.25) is 0 Å². The van der Waals surface area contributed by atoms with Crippen LogP contribution in [0.3, 0.4) is 0 Å². The average molecular weight is 284 g/mol. The summed E-state index contributed by atoms with van der Waals surface area (Å²) < 4.78 is 26.5. The molecule has 0 bridgehead atoms. The van der Waals surface area contributed by atoms with Crippen molar-refractivity contribution in [3.63, 3.8) is 0 Å². The molecule has 2 aromatic rings. The first-order chi connectivity index (χ1) is 10.1. The number of rotatable bonds is 3. The highest BCUT2D eigenvalue weighted by atomic mass is 19.1. The third-order valence-electron chi connectivity index (χ3n) is 2.65. The van der Waals surface area contributed by atoms with Gasteiger partial charge >= 0.3 is 0 Å². The highest BCUT2D eigenvalue weighted by molar-refractivity contribution is 6.09. The highest BCUT2D eigenvalue weighted by Crippen LogP contribution is 2.15. The van der Waals surface area contributed by atoms with Crippen LogP contribution in [0.4, 0.5) is 14.5 Å². The van der Waals surface area contributed by atoms with Gasteiger partial charge in [0, 0.05) is 0 Å². The Morgan fingerprint density at radius 1 is 1.14 bits per heavy atom. The zero-order valence-corrected chi connectivity index (χ0v) is 10.8. The van der Waals surface area contributed by atoms with E-state index in [2.05, 4.69) is 5.32 Å². The van der Waals surface area contributed by atoms with Gasteiger partial charge in [-0.3, -0.25) is 4.79 Å². The molecule has 0 aliphatic carbocycles. The minimum Gasteiger partial charge on any atom is -0.319 e. The number of carbonyl (C=O) groups is 1. The molecule has 0 fully saturated rings. The van der Waals surface area contributed by atoms with E-state index in [-0.39, 0.29) is 11.3 Å². The van der Waals surface area contributed by atoms with Gasteiger partial charge in [-0.05, 0) is 35.9 Å². The molecule has 2 aromatic carbocycles. The van der Waals surface area contributed by atoms with Gasteiger partial charge in [-0.25, -0.2) is 8.78 Å². The fourth-order valence-corrected chi connectivity index (χ4v) is 1.66. The van der Waals surface area contributed by atoms with E-state index in [1.54, 1.807) is 18.2 Å². The lowest BCUT2D eigenvalue weighted by Crippen LogP contribution is -2.14. The van der Waals surface area contributed by atoms with Gasteiger partial charge in [-0.2, -0.15) is 5.26 Å². The number of halogens is 2. The standard InChI is InChI=1S/C16H10F2N2O/c17-13-5-3-4-11(9-13)8-12(10-19)16(21)20-15-7-2-1-6-14(15)18/h1-9H,(H,20,21)/b12-8-. The fraction of sp³-hybridized carbons (Fsp3) is 0. The van der Waals surface area contributed by atoms with Gasteiger partial charge in [-0.1, -0.05) is 24.3 Å². The van der Waals surface area contributed by atoms with E-state index in [9.17, 15) is 13.6 Å². The topological polar surface area (TPSA) is 52.9 Å². The Balaban J connectivity index is 2.24. The lowest BCUT2D eigenvalue weighted by Gasteiger charge is -2.05. The molecule has 1 N–H and O–H groups in total. The van der Waals surface area contributed by atoms with E-state index in [1.165, 1.54) is 42.5 Å². The Morgan fingerprint density at radius 2 is 1.90 bits per heavy atom. The number of nitrogens with zero attached hydrogens (tertiary/aromatic N) is 1. The van der Waals surface area contributed by atoms with Crippen LogP contribution >= 0.6 is 0 Å². The predicted molar refractivity (Wildman–Crippen MR) is 75.0 cm³/mol. The van der Waals surface area contributed by atoms with Crippen LogP contribution in [-0.2, 0) is 4.79 Å². The van der Waals surface area contributed by atoms with Crippen LogP contribution < -0.4 is 5.32 Å². The number of hydrogen-bond donors (Lipinski definition) is 1. The maximum Gasteiger partial charge on any atom is 0.266 e. The Labute approximate surface area is 120 Å². The normalized spacial score (nSPS) is 10.8. The molecule has 104 valence electrons. The van der Waals surface area contributed by atoms with E-state index in [4.69, 9.17) is 5.26 Å². The first kappa shape index (κ1) is 14.4. The molecular weight excluding hydrogens is 274 g/mol. The number of anilines is 1. The number of nitrogens with one attached hydrogen (secondary N) is 1. The van der Waals surface area contributed by atoms with Crippen molar-refractivity contribution in [2.24, 2.45) is 0 Å². The van der Waals surface area contributed by atoms with E-state index >= 15 is 0 Å². The Hall–Kier alpha value is -3.00. The quantitative estimate of drug-likeness (QED) is 0.692. The van der Waals surface area contributed by atoms with Gasteiger partial charge in [0.05, 0.1) is 5.69 Å². The zero-order chi connectivity index (χ0) is 15.2. The SMILES string of the molecule is N#C/C(=C/c1cccc(F)c1)C(=O)Nc1ccccc1F. The second-order valence-electron chi connectivity index (χ2n) is 4.16. The number of carbonyl (C=O) groups excluding carboxylic acids is 1. The van der Waals surface area contributed by atoms with Crippen LogP contribution in [0.5, 0.6) is 0 Å². The van der Waals surface area contributed by atoms with Gasteiger partial charge < -0.3 is 5.32 Å². The lowest BCUT2D eigenvalue weighted by atomic mass is 10.1. The summed E-state index contributed by atoms with van der Waals surface area (Å²) in [5.41, 5.74) is 0.0991. The van der Waals surface area contributed by atoms with Crippen LogP contribution in [-0.4, -0.2) is 5.91 Å². The summed E-state index contributed by atoms with van der Waals surface area (Å²) in [5.74, 6) is -1.84. The van der Waals surface area contributed by atoms with Crippen molar-refractivity contribution in [2.45, 2.75) is 0 Å². The van der Waals surface area contributed by atoms with E-state index in [0.717, 1.165) is 0 Å². The second-order valence-corrected chi connectivity index (χ2v) is 4.16. The molecule has 21 heavy (non-hydrogen) atoms. The number of hydrogen-bond acceptors (Lipinski definition) is 2. The Bertz CT molecular complexity index is 748. The van der Waals surface area contributed by atoms with Crippen molar-refractivity contribution >= 4 is 17.7 Å². The van der Waals surface area contributed by atoms with Crippen LogP contribution in [0.15, 0.2) is 54.1 Å². The van der Waals surface area contributed by atoms with Gasteiger partial charge in [0.25, 0.3) is 5.91 Å². The van der Waals surface area contributed by atoms with Crippen LogP contribution in [0, 0.1) is 23.0 Å². The van der Waals surface area contributed by atoms with Crippen molar-refractivity contribution < 1.29 is 13.6 Å². The maximum absolute atomic E-state index is 13.4. The summed E-state index contributed by atoms with van der Waals surface area (Å²) in [6.45, 7) is 0. The fourth-order valence-electron chi connectivity index (χ4n) is 1.66. The first-order valence-corrected chi connectivity index (χ1v) is 6.03. The molecule has 1 amide bonds. The second kappa shape index (κ2) is 6.44. The van der Waals surface area contributed by atoms with Crippen molar-refractivity contribution in [1.82, 2.24) is 0 Å². The lowest BCUT2D eigenvalue weighted by molar-refractivity contribution is -0.112. The van der Waals surface area contributed by atoms with Crippen LogP contribution in [0.25, 0.3) is 6.08 Å². The Morgan fingerprint density at radius 3 is 2.57 bits per heavy atom. The molecular formula is C16H10F2N2O. The molecule has 0 heterocycles. The molecule has 0 atom stereocenters. The summed E-state index contributed by atoms with van der Waals surface area (Å²) in [7, 11) is 0. The van der Waals surface area contributed by atoms with Crippen molar-refractivity contribution in [2.75, 3.05) is 5.32 Å². The summed E-state index contributed by atoms with van der Waals surface area (Å²) >= 11 is 0. The molecule has 0 spiro atoms. The number of amides is 1. The van der Waals surface area contributed by atoms with Gasteiger partial charge in [0.1, 0.15) is 23.3 Å². The van der Waals surface area contributed by atoms with Crippen molar-refractivity contribution in [3.8, 4) is 6.07 Å². The maximum atomic E-state index is 13.4. The summed E-state index contributed by atoms with van der Waals surface area (Å²) in [6, 6.07) is 12.8. The molecule has 0 aliphatic heterocycles. The molecule has 0 saturated carbocycles. The molecule has 5 heteroatoms. The zero-order valence-electron chi connectivity index (χ0n) is 10.8. The van der Waals surface area contributed by atoms with Gasteiger partial charge in [0.2, 0.25) is 0 Å². The third kappa shape index (κ3) is 3.74. The van der Waals surface area contributed by atoms with E-state index in [0.29, 0.717) is 5.56 Å². The highest BCUT2D eigenvalue weighted by Gasteiger charge is 2.11. The molecule has 0 radical (unpaired) electrons. The largest absolute Gasteiger partial charge is 0.319 e. The van der Waals surface area contributed by atoms with Crippen molar-refractivity contribution in [1.29, 1.82) is 5.26 Å². The molecule has 0 unspecified atom stereocenters. The summed E-state index contributed by atoms with van der Waals surface area (Å²) in [6.07, 6.45) is 1.24. The molecule has 0 aliphatic rings. The van der Waals surface area contributed by atoms with Crippen molar-refractivity contribution in [3.05, 3.63) is 71.3 Å². The summed E-state index contributed by atoms with van der Waals surface area (Å²) in [4.78, 5) is 11.9. The monoisotopic (exact) mass is 284 g/mol. The predicted octanol–water partition coefficient (Wildman–Crippen LogP) is 3.51. The third-order valence-corrected chi connectivity index (χ3v) is 2.65. The average Bonchev–Trinajstić information content (AvgIpc) is 2.47. The minimum atomic E-state index is -0.758. The minimum absolute atomic E-state index is 0.0251. The van der Waals surface area contributed by atoms with Gasteiger partial charge in [0.15, 0.2) is 0 Å². The van der Waals surface area contributed by atoms with E-state index in [1.807, 2.05) is 0 Å². The van der Waals surface area contributed by atoms with E-state index < -0.39 is 17.5 Å². The Kier molecular flexibility index (Phi) is 4.42. The number of benzene rings is 2.